The van der Waals surface area contributed by atoms with Gasteiger partial charge in [-0.3, -0.25) is 0 Å². The van der Waals surface area contributed by atoms with Crippen LogP contribution < -0.4 is 5.66 Å². The highest BCUT2D eigenvalue weighted by molar-refractivity contribution is 6.60. The van der Waals surface area contributed by atoms with Gasteiger partial charge < -0.3 is 13.7 Å². The summed E-state index contributed by atoms with van der Waals surface area (Å²) in [6.45, 7) is 7.20. The number of rotatable bonds is 1. The van der Waals surface area contributed by atoms with Gasteiger partial charge in [-0.1, -0.05) is 0 Å². The molecule has 100 valence electrons. The molecule has 8 heteroatoms. The van der Waals surface area contributed by atoms with Crippen LogP contribution in [0.1, 0.15) is 33.6 Å². The van der Waals surface area contributed by atoms with Crippen LogP contribution in [-0.4, -0.2) is 23.3 Å². The monoisotopic (exact) mass is 263 g/mol. The van der Waals surface area contributed by atoms with E-state index in [1.807, 2.05) is 0 Å². The van der Waals surface area contributed by atoms with E-state index in [-0.39, 0.29) is 5.66 Å². The van der Waals surface area contributed by atoms with Crippen molar-refractivity contribution in [1.82, 2.24) is 4.98 Å². The second-order valence-corrected chi connectivity index (χ2v) is 5.15. The maximum Gasteiger partial charge on any atom is 0.534 e. The van der Waals surface area contributed by atoms with Crippen molar-refractivity contribution in [2.45, 2.75) is 45.1 Å². The Morgan fingerprint density at radius 3 is 2.00 bits per heavy atom. The van der Waals surface area contributed by atoms with E-state index in [4.69, 9.17) is 9.31 Å². The molecule has 1 aromatic rings. The number of hydrogen-bond donors (Lipinski definition) is 0. The van der Waals surface area contributed by atoms with Crippen LogP contribution >= 0.6 is 0 Å². The summed E-state index contributed by atoms with van der Waals surface area (Å²) in [4.78, 5) is 3.18. The molecular formula is C10H13BF3NO3. The van der Waals surface area contributed by atoms with Crippen LogP contribution in [0.5, 0.6) is 0 Å². The first-order valence-corrected chi connectivity index (χ1v) is 5.41. The molecule has 0 unspecified atom stereocenters. The van der Waals surface area contributed by atoms with Crippen molar-refractivity contribution in [2.75, 3.05) is 0 Å². The third kappa shape index (κ3) is 2.14. The van der Waals surface area contributed by atoms with E-state index < -0.39 is 30.4 Å². The average Bonchev–Trinajstić information content (AvgIpc) is 2.69. The Balaban J connectivity index is 2.23. The van der Waals surface area contributed by atoms with Gasteiger partial charge in [0.2, 0.25) is 0 Å². The Labute approximate surface area is 103 Å². The van der Waals surface area contributed by atoms with Gasteiger partial charge in [-0.05, 0) is 27.7 Å². The van der Waals surface area contributed by atoms with E-state index in [0.717, 1.165) is 6.20 Å². The predicted molar refractivity (Wildman–Crippen MR) is 57.2 cm³/mol. The van der Waals surface area contributed by atoms with E-state index in [9.17, 15) is 13.2 Å². The van der Waals surface area contributed by atoms with Gasteiger partial charge in [0.05, 0.1) is 17.4 Å². The van der Waals surface area contributed by atoms with Crippen molar-refractivity contribution in [3.63, 3.8) is 0 Å². The quantitative estimate of drug-likeness (QED) is 0.727. The molecule has 1 saturated heterocycles. The van der Waals surface area contributed by atoms with Gasteiger partial charge in [-0.2, -0.15) is 13.2 Å². The summed E-state index contributed by atoms with van der Waals surface area (Å²) in [5.41, 5.74) is -1.35. The Kier molecular flexibility index (Phi) is 2.79. The Morgan fingerprint density at radius 2 is 1.61 bits per heavy atom. The van der Waals surface area contributed by atoms with Crippen LogP contribution in [0.15, 0.2) is 10.6 Å². The zero-order chi connectivity index (χ0) is 13.8. The Morgan fingerprint density at radius 1 is 1.11 bits per heavy atom. The Bertz CT molecular complexity index is 439. The molecule has 2 rings (SSSR count). The van der Waals surface area contributed by atoms with E-state index in [1.165, 1.54) is 0 Å². The van der Waals surface area contributed by atoms with E-state index in [0.29, 0.717) is 0 Å². The van der Waals surface area contributed by atoms with Crippen molar-refractivity contribution in [3.05, 3.63) is 12.1 Å². The SMILES string of the molecule is CC1(C)OB(c2cnc(C(F)(F)F)o2)OC1(C)C. The molecule has 0 atom stereocenters. The van der Waals surface area contributed by atoms with Crippen LogP contribution in [0.3, 0.4) is 0 Å². The minimum Gasteiger partial charge on any atom is -0.442 e. The van der Waals surface area contributed by atoms with Gasteiger partial charge >= 0.3 is 19.2 Å². The smallest absolute Gasteiger partial charge is 0.442 e. The third-order valence-electron chi connectivity index (χ3n) is 3.25. The molecule has 1 aromatic heterocycles. The van der Waals surface area contributed by atoms with Gasteiger partial charge in [0.25, 0.3) is 0 Å². The molecular weight excluding hydrogens is 250 g/mol. The van der Waals surface area contributed by atoms with Crippen LogP contribution in [0.2, 0.25) is 0 Å². The lowest BCUT2D eigenvalue weighted by Gasteiger charge is -2.32. The maximum atomic E-state index is 12.4. The highest BCUT2D eigenvalue weighted by Crippen LogP contribution is 2.36. The third-order valence-corrected chi connectivity index (χ3v) is 3.25. The summed E-state index contributed by atoms with van der Waals surface area (Å²) in [7, 11) is -0.974. The number of hydrogen-bond acceptors (Lipinski definition) is 4. The number of halogens is 3. The number of oxazole rings is 1. The first-order chi connectivity index (χ1) is 8.03. The molecule has 0 aromatic carbocycles. The fourth-order valence-corrected chi connectivity index (χ4v) is 1.49. The highest BCUT2D eigenvalue weighted by Gasteiger charge is 2.53. The highest BCUT2D eigenvalue weighted by atomic mass is 19.4. The lowest BCUT2D eigenvalue weighted by Crippen LogP contribution is -2.41. The summed E-state index contributed by atoms with van der Waals surface area (Å²) in [6.07, 6.45) is -3.63. The second kappa shape index (κ2) is 3.74. The molecule has 0 N–H and O–H groups in total. The van der Waals surface area contributed by atoms with Crippen molar-refractivity contribution in [2.24, 2.45) is 0 Å². The standard InChI is InChI=1S/C10H13BF3NO3/c1-8(2)9(3,4)18-11(17-8)6-5-15-7(16-6)10(12,13)14/h5H,1-4H3. The van der Waals surface area contributed by atoms with Crippen LogP contribution in [0, 0.1) is 0 Å². The topological polar surface area (TPSA) is 44.5 Å². The van der Waals surface area contributed by atoms with Crippen molar-refractivity contribution in [1.29, 1.82) is 0 Å². The number of alkyl halides is 3. The normalized spacial score (nSPS) is 22.5. The molecule has 0 bridgehead atoms. The predicted octanol–water partition coefficient (Wildman–Crippen LogP) is 1.99. The second-order valence-electron chi connectivity index (χ2n) is 5.15. The van der Waals surface area contributed by atoms with Gasteiger partial charge in [0.1, 0.15) is 0 Å². The van der Waals surface area contributed by atoms with Gasteiger partial charge in [0, 0.05) is 0 Å². The van der Waals surface area contributed by atoms with Crippen molar-refractivity contribution < 1.29 is 26.9 Å². The fraction of sp³-hybridized carbons (Fsp3) is 0.700. The van der Waals surface area contributed by atoms with Crippen molar-refractivity contribution in [3.8, 4) is 0 Å². The largest absolute Gasteiger partial charge is 0.534 e. The zero-order valence-corrected chi connectivity index (χ0v) is 10.5. The summed E-state index contributed by atoms with van der Waals surface area (Å²) in [5, 5.41) is 0. The average molecular weight is 263 g/mol. The molecule has 0 aliphatic carbocycles. The summed E-state index contributed by atoms with van der Waals surface area (Å²) >= 11 is 0. The molecule has 0 saturated carbocycles. The minimum atomic E-state index is -4.61. The zero-order valence-electron chi connectivity index (χ0n) is 10.5. The van der Waals surface area contributed by atoms with Crippen LogP contribution in [-0.2, 0) is 15.5 Å². The molecule has 0 radical (unpaired) electrons. The van der Waals surface area contributed by atoms with Gasteiger partial charge in [-0.15, -0.1) is 0 Å². The first-order valence-electron chi connectivity index (χ1n) is 5.41. The molecule has 1 fully saturated rings. The summed E-state index contributed by atoms with van der Waals surface area (Å²) in [5.74, 6) is -1.30. The molecule has 2 heterocycles. The fourth-order valence-electron chi connectivity index (χ4n) is 1.49. The molecule has 1 aliphatic rings. The van der Waals surface area contributed by atoms with E-state index in [1.54, 1.807) is 27.7 Å². The van der Waals surface area contributed by atoms with Crippen molar-refractivity contribution >= 4 is 12.8 Å². The van der Waals surface area contributed by atoms with Crippen LogP contribution in [0.25, 0.3) is 0 Å². The van der Waals surface area contributed by atoms with E-state index in [2.05, 4.69) is 9.40 Å². The van der Waals surface area contributed by atoms with E-state index >= 15 is 0 Å². The van der Waals surface area contributed by atoms with Gasteiger partial charge in [0.15, 0.2) is 5.66 Å². The maximum absolute atomic E-state index is 12.4. The number of aromatic nitrogens is 1. The molecule has 4 nitrogen and oxygen atoms in total. The molecule has 0 spiro atoms. The first kappa shape index (κ1) is 13.4. The lowest BCUT2D eigenvalue weighted by atomic mass is 9.87. The number of nitrogens with zero attached hydrogens (tertiary/aromatic N) is 1. The molecule has 1 aliphatic heterocycles. The van der Waals surface area contributed by atoms with Gasteiger partial charge in [-0.25, -0.2) is 4.98 Å². The van der Waals surface area contributed by atoms with Crippen LogP contribution in [0.4, 0.5) is 13.2 Å². The molecule has 0 amide bonds. The molecule has 18 heavy (non-hydrogen) atoms. The summed E-state index contributed by atoms with van der Waals surface area (Å²) in [6, 6.07) is 0. The summed E-state index contributed by atoms with van der Waals surface area (Å²) < 4.78 is 52.8. The Hall–Kier alpha value is -1.02. The lowest BCUT2D eigenvalue weighted by molar-refractivity contribution is -0.156. The minimum absolute atomic E-state index is 0.0824.